The van der Waals surface area contributed by atoms with Crippen molar-refractivity contribution >= 4 is 5.91 Å². The first-order chi connectivity index (χ1) is 15.4. The van der Waals surface area contributed by atoms with Crippen LogP contribution in [0.5, 0.6) is 0 Å². The van der Waals surface area contributed by atoms with Crippen LogP contribution in [-0.4, -0.2) is 42.1 Å². The molecule has 4 aromatic rings. The molecule has 0 spiro atoms. The summed E-state index contributed by atoms with van der Waals surface area (Å²) in [5, 5.41) is 12.9. The van der Waals surface area contributed by atoms with Crippen molar-refractivity contribution in [3.8, 4) is 16.9 Å². The predicted molar refractivity (Wildman–Crippen MR) is 113 cm³/mol. The number of nitrogens with zero attached hydrogens (tertiary/aromatic N) is 6. The van der Waals surface area contributed by atoms with Gasteiger partial charge in [0, 0.05) is 30.8 Å². The fourth-order valence-corrected chi connectivity index (χ4v) is 4.40. The standard InChI is InChI=1S/C23H20F2N6O/c1-14-21-19(22(29(2)28-21)15-11-16(24)13-17(25)12-15)7-10-30(14)23(32)18-5-3-4-6-20(18)31-26-8-9-27-31/h3-6,8-9,11-14H,7,10H2,1-2H3/t14-/m0/s1. The quantitative estimate of drug-likeness (QED) is 0.493. The van der Waals surface area contributed by atoms with Gasteiger partial charge in [-0.05, 0) is 37.6 Å². The van der Waals surface area contributed by atoms with E-state index in [1.807, 2.05) is 13.0 Å². The van der Waals surface area contributed by atoms with Crippen LogP contribution in [0.3, 0.4) is 0 Å². The number of aromatic nitrogens is 5. The van der Waals surface area contributed by atoms with Crippen molar-refractivity contribution in [3.63, 3.8) is 0 Å². The minimum Gasteiger partial charge on any atom is -0.330 e. The molecule has 0 fully saturated rings. The van der Waals surface area contributed by atoms with E-state index in [0.29, 0.717) is 35.5 Å². The van der Waals surface area contributed by atoms with Gasteiger partial charge >= 0.3 is 0 Å². The van der Waals surface area contributed by atoms with Crippen LogP contribution in [0.1, 0.15) is 34.6 Å². The maximum atomic E-state index is 13.8. The number of amides is 1. The van der Waals surface area contributed by atoms with E-state index >= 15 is 0 Å². The number of aryl methyl sites for hydroxylation is 1. The summed E-state index contributed by atoms with van der Waals surface area (Å²) >= 11 is 0. The van der Waals surface area contributed by atoms with Gasteiger partial charge in [0.25, 0.3) is 5.91 Å². The molecule has 0 N–H and O–H groups in total. The molecule has 32 heavy (non-hydrogen) atoms. The van der Waals surface area contributed by atoms with E-state index in [-0.39, 0.29) is 11.9 Å². The molecule has 162 valence electrons. The average molecular weight is 434 g/mol. The fraction of sp³-hybridized carbons (Fsp3) is 0.217. The normalized spacial score (nSPS) is 15.6. The summed E-state index contributed by atoms with van der Waals surface area (Å²) in [6.07, 6.45) is 3.64. The molecule has 1 atom stereocenters. The van der Waals surface area contributed by atoms with Gasteiger partial charge < -0.3 is 4.90 Å². The van der Waals surface area contributed by atoms with Crippen LogP contribution < -0.4 is 0 Å². The SMILES string of the molecule is C[C@H]1c2nn(C)c(-c3cc(F)cc(F)c3)c2CCN1C(=O)c1ccccc1-n1nccn1. The van der Waals surface area contributed by atoms with Crippen molar-refractivity contribution in [2.75, 3.05) is 6.54 Å². The molecule has 0 unspecified atom stereocenters. The molecule has 1 amide bonds. The number of benzene rings is 2. The number of para-hydroxylation sites is 1. The third-order valence-electron chi connectivity index (χ3n) is 5.81. The van der Waals surface area contributed by atoms with Crippen LogP contribution in [0.15, 0.2) is 54.9 Å². The molecule has 2 aromatic heterocycles. The third kappa shape index (κ3) is 3.26. The Kier molecular flexibility index (Phi) is 4.80. The van der Waals surface area contributed by atoms with Crippen LogP contribution in [0, 0.1) is 11.6 Å². The van der Waals surface area contributed by atoms with Gasteiger partial charge in [-0.2, -0.15) is 20.1 Å². The van der Waals surface area contributed by atoms with Crippen LogP contribution in [0.4, 0.5) is 8.78 Å². The van der Waals surface area contributed by atoms with E-state index in [9.17, 15) is 13.6 Å². The Labute approximate surface area is 182 Å². The molecule has 0 bridgehead atoms. The Morgan fingerprint density at radius 2 is 1.75 bits per heavy atom. The maximum absolute atomic E-state index is 13.8. The zero-order valence-corrected chi connectivity index (χ0v) is 17.5. The number of hydrogen-bond acceptors (Lipinski definition) is 4. The molecular formula is C23H20F2N6O. The molecule has 0 saturated carbocycles. The van der Waals surface area contributed by atoms with Gasteiger partial charge in [-0.3, -0.25) is 9.48 Å². The molecule has 7 nitrogen and oxygen atoms in total. The average Bonchev–Trinajstić information content (AvgIpc) is 3.41. The van der Waals surface area contributed by atoms with Crippen molar-refractivity contribution in [2.24, 2.45) is 7.05 Å². The Morgan fingerprint density at radius 1 is 1.06 bits per heavy atom. The largest absolute Gasteiger partial charge is 0.330 e. The Morgan fingerprint density at radius 3 is 2.47 bits per heavy atom. The second kappa shape index (κ2) is 7.67. The van der Waals surface area contributed by atoms with Crippen LogP contribution in [0.25, 0.3) is 16.9 Å². The Bertz CT molecular complexity index is 1290. The molecule has 9 heteroatoms. The Hall–Kier alpha value is -3.88. The van der Waals surface area contributed by atoms with Crippen LogP contribution in [-0.2, 0) is 13.5 Å². The van der Waals surface area contributed by atoms with Crippen molar-refractivity contribution < 1.29 is 13.6 Å². The Balaban J connectivity index is 1.52. The number of fused-ring (bicyclic) bond motifs is 1. The van der Waals surface area contributed by atoms with Gasteiger partial charge in [0.1, 0.15) is 11.6 Å². The lowest BCUT2D eigenvalue weighted by Gasteiger charge is -2.33. The van der Waals surface area contributed by atoms with Gasteiger partial charge in [0.2, 0.25) is 0 Å². The summed E-state index contributed by atoms with van der Waals surface area (Å²) in [6.45, 7) is 2.36. The van der Waals surface area contributed by atoms with Crippen molar-refractivity contribution in [1.82, 2.24) is 29.7 Å². The first-order valence-electron chi connectivity index (χ1n) is 10.2. The molecule has 1 aliphatic heterocycles. The van der Waals surface area contributed by atoms with E-state index in [0.717, 1.165) is 17.3 Å². The van der Waals surface area contributed by atoms with Crippen molar-refractivity contribution in [2.45, 2.75) is 19.4 Å². The summed E-state index contributed by atoms with van der Waals surface area (Å²) in [6, 6.07) is 10.3. The highest BCUT2D eigenvalue weighted by atomic mass is 19.1. The predicted octanol–water partition coefficient (Wildman–Crippen LogP) is 3.71. The molecule has 0 aliphatic carbocycles. The summed E-state index contributed by atoms with van der Waals surface area (Å²) in [4.78, 5) is 16.7. The highest BCUT2D eigenvalue weighted by Gasteiger charge is 2.34. The molecular weight excluding hydrogens is 414 g/mol. The number of carbonyl (C=O) groups is 1. The second-order valence-electron chi connectivity index (χ2n) is 7.75. The molecule has 1 aliphatic rings. The first-order valence-corrected chi connectivity index (χ1v) is 10.2. The maximum Gasteiger partial charge on any atom is 0.256 e. The van der Waals surface area contributed by atoms with Crippen LogP contribution >= 0.6 is 0 Å². The van der Waals surface area contributed by atoms with E-state index in [2.05, 4.69) is 15.3 Å². The van der Waals surface area contributed by atoms with Gasteiger partial charge in [0.15, 0.2) is 0 Å². The van der Waals surface area contributed by atoms with Crippen molar-refractivity contribution in [3.05, 3.63) is 83.3 Å². The molecule has 3 heterocycles. The van der Waals surface area contributed by atoms with Gasteiger partial charge in [-0.25, -0.2) is 8.78 Å². The summed E-state index contributed by atoms with van der Waals surface area (Å²) in [5.74, 6) is -1.43. The number of halogens is 2. The van der Waals surface area contributed by atoms with Gasteiger partial charge in [-0.1, -0.05) is 12.1 Å². The second-order valence-corrected chi connectivity index (χ2v) is 7.75. The highest BCUT2D eigenvalue weighted by molar-refractivity contribution is 5.98. The molecule has 2 aromatic carbocycles. The van der Waals surface area contributed by atoms with E-state index in [1.165, 1.54) is 16.9 Å². The van der Waals surface area contributed by atoms with Crippen molar-refractivity contribution in [1.29, 1.82) is 0 Å². The molecule has 0 radical (unpaired) electrons. The topological polar surface area (TPSA) is 68.8 Å². The lowest BCUT2D eigenvalue weighted by Crippen LogP contribution is -2.39. The molecule has 0 saturated heterocycles. The zero-order chi connectivity index (χ0) is 22.4. The highest BCUT2D eigenvalue weighted by Crippen LogP contribution is 2.36. The lowest BCUT2D eigenvalue weighted by atomic mass is 9.95. The lowest BCUT2D eigenvalue weighted by molar-refractivity contribution is 0.0673. The summed E-state index contributed by atoms with van der Waals surface area (Å²) < 4.78 is 29.3. The van der Waals surface area contributed by atoms with Gasteiger partial charge in [-0.15, -0.1) is 0 Å². The minimum absolute atomic E-state index is 0.153. The summed E-state index contributed by atoms with van der Waals surface area (Å²) in [7, 11) is 1.74. The third-order valence-corrected chi connectivity index (χ3v) is 5.81. The number of rotatable bonds is 3. The van der Waals surface area contributed by atoms with E-state index < -0.39 is 11.6 Å². The minimum atomic E-state index is -0.639. The monoisotopic (exact) mass is 434 g/mol. The first kappa shape index (κ1) is 20.0. The number of carbonyl (C=O) groups excluding carboxylic acids is 1. The van der Waals surface area contributed by atoms with E-state index in [1.54, 1.807) is 47.2 Å². The van der Waals surface area contributed by atoms with E-state index in [4.69, 9.17) is 0 Å². The van der Waals surface area contributed by atoms with Gasteiger partial charge in [0.05, 0.1) is 41.1 Å². The fourth-order valence-electron chi connectivity index (χ4n) is 4.40. The zero-order valence-electron chi connectivity index (χ0n) is 17.5. The smallest absolute Gasteiger partial charge is 0.256 e. The van der Waals surface area contributed by atoms with Crippen LogP contribution in [0.2, 0.25) is 0 Å². The number of hydrogen-bond donors (Lipinski definition) is 0. The summed E-state index contributed by atoms with van der Waals surface area (Å²) in [5.41, 5.74) is 3.80. The molecule has 5 rings (SSSR count).